The Balaban J connectivity index is 2.08. The van der Waals surface area contributed by atoms with Crippen molar-refractivity contribution in [3.05, 3.63) is 0 Å². The second-order valence-electron chi connectivity index (χ2n) is 3.78. The second kappa shape index (κ2) is 4.54. The van der Waals surface area contributed by atoms with Crippen LogP contribution in [0.2, 0.25) is 0 Å². The summed E-state index contributed by atoms with van der Waals surface area (Å²) in [6.07, 6.45) is -3.83. The first-order chi connectivity index (χ1) is 7.67. The number of aliphatic imine (C=N–C) groups is 1. The van der Waals surface area contributed by atoms with Crippen LogP contribution in [0.25, 0.3) is 0 Å². The topological polar surface area (TPSA) is 104 Å². The average Bonchev–Trinajstić information content (AvgIpc) is 2.67. The van der Waals surface area contributed by atoms with E-state index in [4.69, 9.17) is 14.6 Å². The highest BCUT2D eigenvalue weighted by molar-refractivity contribution is 5.75. The summed E-state index contributed by atoms with van der Waals surface area (Å²) in [5.41, 5.74) is 0. The first-order valence-corrected chi connectivity index (χ1v) is 5.28. The fourth-order valence-electron chi connectivity index (χ4n) is 1.82. The minimum Gasteiger partial charge on any atom is -0.433 e. The van der Waals surface area contributed by atoms with Crippen molar-refractivity contribution in [2.75, 3.05) is 13.2 Å². The number of fused-ring (bicyclic) bond motifs is 1. The van der Waals surface area contributed by atoms with Crippen molar-refractivity contribution < 1.29 is 24.8 Å². The molecule has 7 heteroatoms. The molecule has 0 aromatic rings. The van der Waals surface area contributed by atoms with Gasteiger partial charge in [0.2, 0.25) is 6.29 Å². The Bertz CT molecular complexity index is 285. The lowest BCUT2D eigenvalue weighted by Gasteiger charge is -2.36. The summed E-state index contributed by atoms with van der Waals surface area (Å²) in [4.78, 5) is 4.07. The van der Waals surface area contributed by atoms with E-state index in [-0.39, 0.29) is 6.61 Å². The molecule has 0 spiro atoms. The highest BCUT2D eigenvalue weighted by atomic mass is 16.7. The molecule has 2 aliphatic rings. The monoisotopic (exact) mass is 232 g/mol. The molecule has 7 nitrogen and oxygen atoms in total. The zero-order valence-corrected chi connectivity index (χ0v) is 8.91. The second-order valence-corrected chi connectivity index (χ2v) is 3.78. The molecule has 2 aliphatic heterocycles. The molecule has 2 rings (SSSR count). The maximum atomic E-state index is 9.78. The summed E-state index contributed by atoms with van der Waals surface area (Å²) in [5.74, 6) is 0. The predicted octanol–water partition coefficient (Wildman–Crippen LogP) is -2.21. The van der Waals surface area contributed by atoms with Gasteiger partial charge in [0.25, 0.3) is 6.02 Å². The van der Waals surface area contributed by atoms with E-state index in [1.165, 1.54) is 0 Å². The van der Waals surface area contributed by atoms with Crippen LogP contribution >= 0.6 is 0 Å². The van der Waals surface area contributed by atoms with E-state index in [9.17, 15) is 10.2 Å². The van der Waals surface area contributed by atoms with Crippen LogP contribution in [0.1, 0.15) is 6.92 Å². The number of aliphatic hydroxyl groups is 3. The summed E-state index contributed by atoms with van der Waals surface area (Å²) >= 11 is 0. The fraction of sp³-hybridized carbons (Fsp3) is 0.889. The fourth-order valence-corrected chi connectivity index (χ4v) is 1.82. The van der Waals surface area contributed by atoms with Crippen molar-refractivity contribution in [1.29, 1.82) is 0 Å². The summed E-state index contributed by atoms with van der Waals surface area (Å²) in [6, 6.07) is -0.353. The van der Waals surface area contributed by atoms with Gasteiger partial charge in [0.1, 0.15) is 24.4 Å². The van der Waals surface area contributed by atoms with Crippen molar-refractivity contribution in [1.82, 2.24) is 5.32 Å². The number of nitrogens with zero attached hydrogens (tertiary/aromatic N) is 1. The molecule has 0 amide bonds. The summed E-state index contributed by atoms with van der Waals surface area (Å²) < 4.78 is 10.6. The van der Waals surface area contributed by atoms with Gasteiger partial charge in [-0.05, 0) is 6.92 Å². The minimum atomic E-state index is -1.15. The summed E-state index contributed by atoms with van der Waals surface area (Å²) in [7, 11) is 0. The van der Waals surface area contributed by atoms with E-state index in [0.717, 1.165) is 0 Å². The first kappa shape index (κ1) is 11.6. The van der Waals surface area contributed by atoms with Crippen LogP contribution in [0.3, 0.4) is 0 Å². The number of nitrogens with one attached hydrogen (secondary N) is 1. The number of amidine groups is 1. The lowest BCUT2D eigenvalue weighted by Crippen LogP contribution is -2.56. The number of aliphatic hydroxyl groups excluding tert-OH is 3. The molecule has 5 atom stereocenters. The van der Waals surface area contributed by atoms with Gasteiger partial charge in [0.05, 0.1) is 6.61 Å². The molecule has 92 valence electrons. The SMILES string of the molecule is CCNC1=N[C@H]2[C@@H](O1)O[C@H](CO)[C@@H](O)[C@@H]2O. The Morgan fingerprint density at radius 3 is 2.75 bits per heavy atom. The Labute approximate surface area is 92.7 Å². The molecule has 2 heterocycles. The van der Waals surface area contributed by atoms with Crippen LogP contribution in [0.5, 0.6) is 0 Å². The molecular formula is C9H16N2O5. The molecule has 1 fully saturated rings. The highest BCUT2D eigenvalue weighted by Gasteiger charge is 2.48. The van der Waals surface area contributed by atoms with Gasteiger partial charge >= 0.3 is 0 Å². The molecule has 4 N–H and O–H groups in total. The van der Waals surface area contributed by atoms with Gasteiger partial charge in [-0.25, -0.2) is 4.99 Å². The van der Waals surface area contributed by atoms with E-state index in [0.29, 0.717) is 12.6 Å². The van der Waals surface area contributed by atoms with Crippen molar-refractivity contribution >= 4 is 6.02 Å². The quantitative estimate of drug-likeness (QED) is 0.430. The molecule has 1 saturated heterocycles. The zero-order valence-electron chi connectivity index (χ0n) is 8.91. The Hall–Kier alpha value is -0.890. The smallest absolute Gasteiger partial charge is 0.287 e. The van der Waals surface area contributed by atoms with Crippen molar-refractivity contribution in [3.8, 4) is 0 Å². The molecule has 0 radical (unpaired) electrons. The van der Waals surface area contributed by atoms with Crippen molar-refractivity contribution in [2.45, 2.75) is 37.6 Å². The van der Waals surface area contributed by atoms with Gasteiger partial charge in [-0.1, -0.05) is 0 Å². The van der Waals surface area contributed by atoms with Gasteiger partial charge in [-0.15, -0.1) is 0 Å². The van der Waals surface area contributed by atoms with E-state index < -0.39 is 30.6 Å². The van der Waals surface area contributed by atoms with Crippen LogP contribution in [-0.2, 0) is 9.47 Å². The first-order valence-electron chi connectivity index (χ1n) is 5.28. The number of rotatable bonds is 2. The molecule has 0 unspecified atom stereocenters. The van der Waals surface area contributed by atoms with Crippen LogP contribution in [0.4, 0.5) is 0 Å². The maximum Gasteiger partial charge on any atom is 0.287 e. The molecule has 16 heavy (non-hydrogen) atoms. The molecule has 0 aliphatic carbocycles. The van der Waals surface area contributed by atoms with E-state index in [2.05, 4.69) is 10.3 Å². The lowest BCUT2D eigenvalue weighted by atomic mass is 9.98. The van der Waals surface area contributed by atoms with E-state index >= 15 is 0 Å². The summed E-state index contributed by atoms with van der Waals surface area (Å²) in [5, 5.41) is 31.2. The molecule has 0 saturated carbocycles. The van der Waals surface area contributed by atoms with Crippen LogP contribution < -0.4 is 5.32 Å². The standard InChI is InChI=1S/C9H16N2O5/c1-2-10-9-11-5-7(14)6(13)4(3-12)15-8(5)16-9/h4-8,12-14H,2-3H2,1H3,(H,10,11)/t4-,5-,6-,7-,8-/m1/s1. The third-order valence-corrected chi connectivity index (χ3v) is 2.67. The van der Waals surface area contributed by atoms with E-state index in [1.807, 2.05) is 6.92 Å². The summed E-state index contributed by atoms with van der Waals surface area (Å²) in [6.45, 7) is 2.15. The molecule has 0 bridgehead atoms. The van der Waals surface area contributed by atoms with Gasteiger partial charge in [0, 0.05) is 6.54 Å². The Kier molecular flexibility index (Phi) is 3.29. The van der Waals surface area contributed by atoms with Gasteiger partial charge in [-0.3, -0.25) is 0 Å². The average molecular weight is 232 g/mol. The highest BCUT2D eigenvalue weighted by Crippen LogP contribution is 2.27. The van der Waals surface area contributed by atoms with Crippen LogP contribution in [-0.4, -0.2) is 65.1 Å². The number of ether oxygens (including phenoxy) is 2. The largest absolute Gasteiger partial charge is 0.433 e. The van der Waals surface area contributed by atoms with Crippen LogP contribution in [0, 0.1) is 0 Å². The third-order valence-electron chi connectivity index (χ3n) is 2.67. The predicted molar refractivity (Wildman–Crippen MR) is 53.7 cm³/mol. The molecular weight excluding hydrogens is 216 g/mol. The minimum absolute atomic E-state index is 0.294. The lowest BCUT2D eigenvalue weighted by molar-refractivity contribution is -0.234. The van der Waals surface area contributed by atoms with E-state index in [1.54, 1.807) is 0 Å². The van der Waals surface area contributed by atoms with Crippen molar-refractivity contribution in [2.24, 2.45) is 4.99 Å². The maximum absolute atomic E-state index is 9.78. The van der Waals surface area contributed by atoms with Gasteiger partial charge < -0.3 is 30.1 Å². The van der Waals surface area contributed by atoms with Gasteiger partial charge in [0.15, 0.2) is 0 Å². The third kappa shape index (κ3) is 1.86. The number of hydrogen-bond donors (Lipinski definition) is 4. The Morgan fingerprint density at radius 2 is 2.12 bits per heavy atom. The number of hydrogen-bond acceptors (Lipinski definition) is 7. The zero-order chi connectivity index (χ0) is 11.7. The normalized spacial score (nSPS) is 42.2. The Morgan fingerprint density at radius 1 is 1.38 bits per heavy atom. The van der Waals surface area contributed by atoms with Crippen molar-refractivity contribution in [3.63, 3.8) is 0 Å². The molecule has 0 aromatic carbocycles. The molecule has 0 aromatic heterocycles. The van der Waals surface area contributed by atoms with Gasteiger partial charge in [-0.2, -0.15) is 0 Å². The van der Waals surface area contributed by atoms with Crippen LogP contribution in [0.15, 0.2) is 4.99 Å².